The summed E-state index contributed by atoms with van der Waals surface area (Å²) in [6.45, 7) is 3.40. The van der Waals surface area contributed by atoms with Gasteiger partial charge in [-0.15, -0.1) is 11.3 Å². The summed E-state index contributed by atoms with van der Waals surface area (Å²) in [4.78, 5) is 39.3. The highest BCUT2D eigenvalue weighted by Crippen LogP contribution is 2.18. The van der Waals surface area contributed by atoms with E-state index in [1.54, 1.807) is 19.2 Å². The Kier molecular flexibility index (Phi) is 7.00. The number of carbonyl (C=O) groups is 3. The first-order valence-electron chi connectivity index (χ1n) is 8.26. The van der Waals surface area contributed by atoms with E-state index >= 15 is 0 Å². The number of benzene rings is 1. The largest absolute Gasteiger partial charge is 0.481 e. The van der Waals surface area contributed by atoms with E-state index in [-0.39, 0.29) is 24.8 Å². The monoisotopic (exact) mass is 393 g/mol. The van der Waals surface area contributed by atoms with Crippen LogP contribution in [-0.4, -0.2) is 34.4 Å². The molecule has 1 aromatic heterocycles. The molecular weight excluding hydrogens is 373 g/mol. The number of anilines is 1. The molecule has 2 aromatic rings. The van der Waals surface area contributed by atoms with Crippen molar-refractivity contribution in [1.29, 1.82) is 0 Å². The molecule has 3 N–H and O–H groups in total. The number of aliphatic carboxylic acids is 1. The van der Waals surface area contributed by atoms with Gasteiger partial charge < -0.3 is 15.7 Å². The second-order valence-corrected chi connectivity index (χ2v) is 7.07. The lowest BCUT2D eigenvalue weighted by Gasteiger charge is -2.13. The first-order valence-corrected chi connectivity index (χ1v) is 9.14. The number of nitrogens with one attached hydrogen (secondary N) is 2. The van der Waals surface area contributed by atoms with Crippen LogP contribution in [0.25, 0.3) is 0 Å². The van der Waals surface area contributed by atoms with Crippen molar-refractivity contribution in [3.63, 3.8) is 0 Å². The number of carboxylic acids is 1. The SMILES string of the molecule is CC(C)C(=O)Nc1nc(CC(=O)NCC(C(=O)O)c2ccc(F)cc2)cs1. The van der Waals surface area contributed by atoms with Crippen molar-refractivity contribution in [1.82, 2.24) is 10.3 Å². The third-order valence-corrected chi connectivity index (χ3v) is 4.53. The number of hydrogen-bond donors (Lipinski definition) is 3. The molecule has 9 heteroatoms. The van der Waals surface area contributed by atoms with Crippen LogP contribution in [0.2, 0.25) is 0 Å². The van der Waals surface area contributed by atoms with E-state index < -0.39 is 23.6 Å². The summed E-state index contributed by atoms with van der Waals surface area (Å²) in [5.41, 5.74) is 0.877. The van der Waals surface area contributed by atoms with Gasteiger partial charge in [0.1, 0.15) is 5.82 Å². The quantitative estimate of drug-likeness (QED) is 0.638. The van der Waals surface area contributed by atoms with Gasteiger partial charge in [-0.25, -0.2) is 9.37 Å². The predicted octanol–water partition coefficient (Wildman–Crippen LogP) is 2.40. The molecule has 2 amide bonds. The Bertz CT molecular complexity index is 820. The Morgan fingerprint density at radius 2 is 1.89 bits per heavy atom. The molecule has 0 fully saturated rings. The fraction of sp³-hybridized carbons (Fsp3) is 0.333. The van der Waals surface area contributed by atoms with Crippen LogP contribution in [0.3, 0.4) is 0 Å². The van der Waals surface area contributed by atoms with Crippen LogP contribution in [-0.2, 0) is 20.8 Å². The van der Waals surface area contributed by atoms with Gasteiger partial charge in [0, 0.05) is 17.8 Å². The molecule has 2 rings (SSSR count). The number of halogens is 1. The lowest BCUT2D eigenvalue weighted by atomic mass is 9.99. The fourth-order valence-corrected chi connectivity index (χ4v) is 2.89. The van der Waals surface area contributed by atoms with Gasteiger partial charge in [-0.3, -0.25) is 14.4 Å². The Morgan fingerprint density at radius 3 is 2.48 bits per heavy atom. The number of rotatable bonds is 8. The van der Waals surface area contributed by atoms with Gasteiger partial charge in [0.2, 0.25) is 11.8 Å². The molecule has 0 radical (unpaired) electrons. The Morgan fingerprint density at radius 1 is 1.22 bits per heavy atom. The molecule has 0 spiro atoms. The van der Waals surface area contributed by atoms with Crippen LogP contribution in [0, 0.1) is 11.7 Å². The predicted molar refractivity (Wildman–Crippen MR) is 99.1 cm³/mol. The number of carbonyl (C=O) groups excluding carboxylic acids is 2. The summed E-state index contributed by atoms with van der Waals surface area (Å²) in [7, 11) is 0. The Labute approximate surface area is 159 Å². The zero-order valence-corrected chi connectivity index (χ0v) is 15.7. The summed E-state index contributed by atoms with van der Waals surface area (Å²) in [6, 6.07) is 5.11. The van der Waals surface area contributed by atoms with E-state index in [0.717, 1.165) is 0 Å². The van der Waals surface area contributed by atoms with Crippen LogP contribution in [0.4, 0.5) is 9.52 Å². The molecule has 1 aromatic carbocycles. The molecule has 27 heavy (non-hydrogen) atoms. The molecule has 1 atom stereocenters. The maximum Gasteiger partial charge on any atom is 0.312 e. The molecule has 7 nitrogen and oxygen atoms in total. The Balaban J connectivity index is 1.91. The van der Waals surface area contributed by atoms with Crippen molar-refractivity contribution >= 4 is 34.3 Å². The minimum absolute atomic E-state index is 0.0379. The maximum atomic E-state index is 13.0. The van der Waals surface area contributed by atoms with E-state index in [2.05, 4.69) is 15.6 Å². The normalized spacial score (nSPS) is 11.9. The van der Waals surface area contributed by atoms with Crippen LogP contribution in [0.15, 0.2) is 29.6 Å². The molecule has 0 saturated carbocycles. The summed E-state index contributed by atoms with van der Waals surface area (Å²) in [6.07, 6.45) is -0.0379. The fourth-order valence-electron chi connectivity index (χ4n) is 2.18. The molecule has 0 saturated heterocycles. The smallest absolute Gasteiger partial charge is 0.312 e. The molecule has 0 bridgehead atoms. The summed E-state index contributed by atoms with van der Waals surface area (Å²) in [5, 5.41) is 16.6. The van der Waals surface area contributed by atoms with Crippen LogP contribution in [0.1, 0.15) is 31.0 Å². The molecular formula is C18H20FN3O4S. The first kappa shape index (κ1) is 20.5. The average Bonchev–Trinajstić information content (AvgIpc) is 3.03. The topological polar surface area (TPSA) is 108 Å². The van der Waals surface area contributed by atoms with Crippen molar-refractivity contribution in [3.05, 3.63) is 46.7 Å². The van der Waals surface area contributed by atoms with E-state index in [4.69, 9.17) is 0 Å². The molecule has 1 heterocycles. The van der Waals surface area contributed by atoms with Crippen LogP contribution < -0.4 is 10.6 Å². The zero-order chi connectivity index (χ0) is 20.0. The van der Waals surface area contributed by atoms with Gasteiger partial charge >= 0.3 is 5.97 Å². The van der Waals surface area contributed by atoms with Crippen molar-refractivity contribution < 1.29 is 23.9 Å². The standard InChI is InChI=1S/C18H20FN3O4S/c1-10(2)16(24)22-18-21-13(9-27-18)7-15(23)20-8-14(17(25)26)11-3-5-12(19)6-4-11/h3-6,9-10,14H,7-8H2,1-2H3,(H,20,23)(H,25,26)(H,21,22,24). The lowest BCUT2D eigenvalue weighted by molar-refractivity contribution is -0.138. The summed E-state index contributed by atoms with van der Waals surface area (Å²) >= 11 is 1.21. The van der Waals surface area contributed by atoms with Crippen LogP contribution >= 0.6 is 11.3 Å². The number of nitrogens with zero attached hydrogens (tertiary/aromatic N) is 1. The van der Waals surface area contributed by atoms with E-state index in [1.807, 2.05) is 0 Å². The maximum absolute atomic E-state index is 13.0. The van der Waals surface area contributed by atoms with Crippen molar-refractivity contribution in [2.75, 3.05) is 11.9 Å². The Hall–Kier alpha value is -2.81. The third kappa shape index (κ3) is 6.14. The van der Waals surface area contributed by atoms with Crippen molar-refractivity contribution in [2.24, 2.45) is 5.92 Å². The molecule has 144 valence electrons. The van der Waals surface area contributed by atoms with Gasteiger partial charge in [0.15, 0.2) is 5.13 Å². The molecule has 1 unspecified atom stereocenters. The number of amides is 2. The molecule has 0 aliphatic rings. The highest BCUT2D eigenvalue weighted by atomic mass is 32.1. The highest BCUT2D eigenvalue weighted by Gasteiger charge is 2.21. The zero-order valence-electron chi connectivity index (χ0n) is 14.9. The number of thiazole rings is 1. The van der Waals surface area contributed by atoms with Crippen molar-refractivity contribution in [3.8, 4) is 0 Å². The first-order chi connectivity index (χ1) is 12.8. The van der Waals surface area contributed by atoms with E-state index in [9.17, 15) is 23.9 Å². The summed E-state index contributed by atoms with van der Waals surface area (Å²) in [5.74, 6) is -3.30. The van der Waals surface area contributed by atoms with Gasteiger partial charge in [-0.05, 0) is 17.7 Å². The number of carboxylic acid groups (broad SMARTS) is 1. The third-order valence-electron chi connectivity index (χ3n) is 3.72. The number of hydrogen-bond acceptors (Lipinski definition) is 5. The summed E-state index contributed by atoms with van der Waals surface area (Å²) < 4.78 is 13.0. The van der Waals surface area contributed by atoms with Gasteiger partial charge in [0.25, 0.3) is 0 Å². The lowest BCUT2D eigenvalue weighted by Crippen LogP contribution is -2.32. The number of aromatic nitrogens is 1. The average molecular weight is 393 g/mol. The van der Waals surface area contributed by atoms with Gasteiger partial charge in [-0.2, -0.15) is 0 Å². The van der Waals surface area contributed by atoms with Gasteiger partial charge in [0.05, 0.1) is 18.0 Å². The second-order valence-electron chi connectivity index (χ2n) is 6.21. The highest BCUT2D eigenvalue weighted by molar-refractivity contribution is 7.13. The van der Waals surface area contributed by atoms with Crippen LogP contribution in [0.5, 0.6) is 0 Å². The van der Waals surface area contributed by atoms with E-state index in [1.165, 1.54) is 35.6 Å². The van der Waals surface area contributed by atoms with Crippen molar-refractivity contribution in [2.45, 2.75) is 26.2 Å². The molecule has 0 aliphatic heterocycles. The second kappa shape index (κ2) is 9.22. The minimum Gasteiger partial charge on any atom is -0.481 e. The van der Waals surface area contributed by atoms with Gasteiger partial charge in [-0.1, -0.05) is 26.0 Å². The molecule has 0 aliphatic carbocycles. The minimum atomic E-state index is -1.12. The van der Waals surface area contributed by atoms with E-state index in [0.29, 0.717) is 16.4 Å².